The van der Waals surface area contributed by atoms with Crippen LogP contribution in [0.4, 0.5) is 4.39 Å². The van der Waals surface area contributed by atoms with Crippen LogP contribution in [0.5, 0.6) is 5.75 Å². The van der Waals surface area contributed by atoms with E-state index in [2.05, 4.69) is 15.8 Å². The highest BCUT2D eigenvalue weighted by atomic mass is 35.5. The van der Waals surface area contributed by atoms with Crippen molar-refractivity contribution in [3.63, 3.8) is 0 Å². The van der Waals surface area contributed by atoms with Crippen molar-refractivity contribution in [2.24, 2.45) is 5.10 Å². The second-order valence-corrected chi connectivity index (χ2v) is 8.01. The lowest BCUT2D eigenvalue weighted by molar-refractivity contribution is -0.120. The topological polar surface area (TPSA) is 96.9 Å². The number of carbonyl (C=O) groups is 3. The number of nitrogens with zero attached hydrogens (tertiary/aromatic N) is 1. The van der Waals surface area contributed by atoms with Gasteiger partial charge in [-0.1, -0.05) is 41.9 Å². The summed E-state index contributed by atoms with van der Waals surface area (Å²) >= 11 is 5.89. The third-order valence-corrected chi connectivity index (χ3v) is 5.36. The van der Waals surface area contributed by atoms with Gasteiger partial charge in [-0.05, 0) is 65.4 Å². The summed E-state index contributed by atoms with van der Waals surface area (Å²) in [5, 5.41) is 8.53. The van der Waals surface area contributed by atoms with Crippen molar-refractivity contribution in [1.29, 1.82) is 0 Å². The average molecular weight is 504 g/mol. The molecule has 9 heteroatoms. The fourth-order valence-corrected chi connectivity index (χ4v) is 3.44. The fraction of sp³-hybridized carbons (Fsp3) is 0.0370. The lowest BCUT2D eigenvalue weighted by Crippen LogP contribution is -2.34. The molecule has 0 atom stereocenters. The van der Waals surface area contributed by atoms with Crippen LogP contribution in [0.2, 0.25) is 5.02 Å². The minimum absolute atomic E-state index is 0.218. The van der Waals surface area contributed by atoms with Crippen LogP contribution in [0.15, 0.2) is 90.0 Å². The van der Waals surface area contributed by atoms with Crippen molar-refractivity contribution in [3.8, 4) is 5.75 Å². The number of amides is 2. The zero-order chi connectivity index (χ0) is 25.5. The minimum atomic E-state index is -0.582. The smallest absolute Gasteiger partial charge is 0.343 e. The Kier molecular flexibility index (Phi) is 7.67. The number of nitrogens with one attached hydrogen (secondary N) is 2. The van der Waals surface area contributed by atoms with Crippen LogP contribution in [0.1, 0.15) is 26.3 Å². The van der Waals surface area contributed by atoms with Crippen molar-refractivity contribution in [1.82, 2.24) is 10.7 Å². The molecule has 4 aromatic carbocycles. The molecule has 0 aliphatic rings. The van der Waals surface area contributed by atoms with Crippen molar-refractivity contribution in [2.45, 2.75) is 0 Å². The summed E-state index contributed by atoms with van der Waals surface area (Å²) in [4.78, 5) is 36.9. The molecule has 0 bridgehead atoms. The Labute approximate surface area is 210 Å². The maximum Gasteiger partial charge on any atom is 0.343 e. The van der Waals surface area contributed by atoms with Gasteiger partial charge in [0.05, 0.1) is 18.3 Å². The first-order valence-corrected chi connectivity index (χ1v) is 11.1. The monoisotopic (exact) mass is 503 g/mol. The van der Waals surface area contributed by atoms with Gasteiger partial charge in [-0.25, -0.2) is 14.6 Å². The van der Waals surface area contributed by atoms with Crippen molar-refractivity contribution >= 4 is 46.4 Å². The van der Waals surface area contributed by atoms with E-state index in [1.54, 1.807) is 36.4 Å². The SMILES string of the molecule is O=C(CNC(=O)c1ccc(F)cc1)N/N=C\c1c(OC(=O)c2ccc(Cl)cc2)ccc2ccccc12. The van der Waals surface area contributed by atoms with Gasteiger partial charge in [0, 0.05) is 16.1 Å². The molecule has 0 aliphatic heterocycles. The van der Waals surface area contributed by atoms with Crippen molar-refractivity contribution in [2.75, 3.05) is 6.54 Å². The van der Waals surface area contributed by atoms with E-state index in [1.165, 1.54) is 18.3 Å². The maximum absolute atomic E-state index is 13.0. The van der Waals surface area contributed by atoms with Gasteiger partial charge in [0.15, 0.2) is 0 Å². The number of hydrazone groups is 1. The van der Waals surface area contributed by atoms with Crippen LogP contribution in [0.25, 0.3) is 10.8 Å². The van der Waals surface area contributed by atoms with Gasteiger partial charge < -0.3 is 10.1 Å². The van der Waals surface area contributed by atoms with Gasteiger partial charge >= 0.3 is 5.97 Å². The van der Waals surface area contributed by atoms with Gasteiger partial charge in [0.2, 0.25) is 0 Å². The highest BCUT2D eigenvalue weighted by molar-refractivity contribution is 6.30. The lowest BCUT2D eigenvalue weighted by Gasteiger charge is -2.11. The summed E-state index contributed by atoms with van der Waals surface area (Å²) in [5.41, 5.74) is 3.35. The van der Waals surface area contributed by atoms with Gasteiger partial charge in [0.1, 0.15) is 11.6 Å². The molecule has 0 saturated heterocycles. The summed E-state index contributed by atoms with van der Waals surface area (Å²) in [7, 11) is 0. The Bertz CT molecular complexity index is 1450. The molecule has 0 aromatic heterocycles. The van der Waals surface area contributed by atoms with E-state index in [9.17, 15) is 18.8 Å². The summed E-state index contributed by atoms with van der Waals surface area (Å²) in [6.45, 7) is -0.346. The average Bonchev–Trinajstić information content (AvgIpc) is 2.89. The van der Waals surface area contributed by atoms with E-state index in [0.717, 1.165) is 22.9 Å². The van der Waals surface area contributed by atoms with Gasteiger partial charge in [-0.2, -0.15) is 5.10 Å². The number of hydrogen-bond donors (Lipinski definition) is 2. The quantitative estimate of drug-likeness (QED) is 0.165. The van der Waals surface area contributed by atoms with E-state index in [-0.39, 0.29) is 17.9 Å². The Morgan fingerprint density at radius 2 is 1.58 bits per heavy atom. The first kappa shape index (κ1) is 24.6. The molecule has 4 rings (SSSR count). The summed E-state index contributed by atoms with van der Waals surface area (Å²) < 4.78 is 18.6. The van der Waals surface area contributed by atoms with Crippen LogP contribution in [0.3, 0.4) is 0 Å². The molecule has 0 unspecified atom stereocenters. The van der Waals surface area contributed by atoms with Gasteiger partial charge in [0.25, 0.3) is 11.8 Å². The van der Waals surface area contributed by atoms with Crippen molar-refractivity contribution < 1.29 is 23.5 Å². The number of fused-ring (bicyclic) bond motifs is 1. The normalized spacial score (nSPS) is 10.8. The fourth-order valence-electron chi connectivity index (χ4n) is 3.31. The molecule has 0 heterocycles. The molecular formula is C27H19ClFN3O4. The van der Waals surface area contributed by atoms with Crippen LogP contribution in [-0.4, -0.2) is 30.5 Å². The third kappa shape index (κ3) is 6.11. The molecule has 2 amide bonds. The van der Waals surface area contributed by atoms with E-state index < -0.39 is 23.6 Å². The summed E-state index contributed by atoms with van der Waals surface area (Å²) in [6.07, 6.45) is 1.37. The summed E-state index contributed by atoms with van der Waals surface area (Å²) in [6, 6.07) is 22.1. The molecule has 7 nitrogen and oxygen atoms in total. The lowest BCUT2D eigenvalue weighted by atomic mass is 10.0. The molecule has 0 radical (unpaired) electrons. The zero-order valence-corrected chi connectivity index (χ0v) is 19.5. The number of ether oxygens (including phenoxy) is 1. The predicted octanol–water partition coefficient (Wildman–Crippen LogP) is 4.73. The first-order valence-electron chi connectivity index (χ1n) is 10.8. The van der Waals surface area contributed by atoms with Crippen molar-refractivity contribution in [3.05, 3.63) is 112 Å². The van der Waals surface area contributed by atoms with E-state index >= 15 is 0 Å². The number of carbonyl (C=O) groups excluding carboxylic acids is 3. The Morgan fingerprint density at radius 3 is 2.33 bits per heavy atom. The third-order valence-electron chi connectivity index (χ3n) is 5.11. The molecule has 2 N–H and O–H groups in total. The highest BCUT2D eigenvalue weighted by Gasteiger charge is 2.14. The van der Waals surface area contributed by atoms with Gasteiger partial charge in [-0.15, -0.1) is 0 Å². The first-order chi connectivity index (χ1) is 17.4. The molecular weight excluding hydrogens is 485 g/mol. The molecule has 36 heavy (non-hydrogen) atoms. The van der Waals surface area contributed by atoms with Gasteiger partial charge in [-0.3, -0.25) is 9.59 Å². The summed E-state index contributed by atoms with van der Waals surface area (Å²) in [5.74, 6) is -1.91. The Hall–Kier alpha value is -4.56. The predicted molar refractivity (Wildman–Crippen MR) is 135 cm³/mol. The standard InChI is InChI=1S/C27H19ClFN3O4/c28-20-10-5-19(6-11-20)27(35)36-24-14-9-17-3-1-2-4-22(17)23(24)15-31-32-25(33)16-30-26(34)18-7-12-21(29)13-8-18/h1-15H,16H2,(H,30,34)(H,32,33)/b31-15-. The molecule has 0 spiro atoms. The van der Waals surface area contributed by atoms with E-state index in [0.29, 0.717) is 16.1 Å². The molecule has 0 saturated carbocycles. The number of benzene rings is 4. The van der Waals surface area contributed by atoms with E-state index in [4.69, 9.17) is 16.3 Å². The van der Waals surface area contributed by atoms with Crippen LogP contribution in [-0.2, 0) is 4.79 Å². The second-order valence-electron chi connectivity index (χ2n) is 7.58. The van der Waals surface area contributed by atoms with Crippen LogP contribution < -0.4 is 15.5 Å². The zero-order valence-electron chi connectivity index (χ0n) is 18.7. The van der Waals surface area contributed by atoms with Crippen LogP contribution in [0, 0.1) is 5.82 Å². The van der Waals surface area contributed by atoms with Crippen LogP contribution >= 0.6 is 11.6 Å². The molecule has 0 fully saturated rings. The largest absolute Gasteiger partial charge is 0.422 e. The maximum atomic E-state index is 13.0. The number of halogens is 2. The Morgan fingerprint density at radius 1 is 0.889 bits per heavy atom. The molecule has 180 valence electrons. The highest BCUT2D eigenvalue weighted by Crippen LogP contribution is 2.27. The molecule has 0 aliphatic carbocycles. The minimum Gasteiger partial charge on any atom is -0.422 e. The number of hydrogen-bond acceptors (Lipinski definition) is 5. The number of esters is 1. The number of rotatable bonds is 7. The second kappa shape index (κ2) is 11.2. The molecule has 4 aromatic rings. The van der Waals surface area contributed by atoms with E-state index in [1.807, 2.05) is 24.3 Å². The Balaban J connectivity index is 1.46.